The molecule has 0 spiro atoms. The van der Waals surface area contributed by atoms with Crippen molar-refractivity contribution < 1.29 is 9.18 Å². The molecule has 0 fully saturated rings. The standard InChI is InChI=1S/C21H17ClFN5O/c1-13-11-14(2)28-21(24-13)25-19(26-28)12-27(16-9-7-15(23)8-10-16)20(29)17-5-3-4-6-18(17)22/h3-11H,12H2,1-2H3. The zero-order valence-electron chi connectivity index (χ0n) is 15.8. The third-order valence-corrected chi connectivity index (χ3v) is 4.78. The minimum atomic E-state index is -0.389. The molecule has 2 aromatic heterocycles. The smallest absolute Gasteiger partial charge is 0.260 e. The quantitative estimate of drug-likeness (QED) is 0.501. The maximum atomic E-state index is 13.4. The van der Waals surface area contributed by atoms with Gasteiger partial charge in [-0.3, -0.25) is 4.79 Å². The van der Waals surface area contributed by atoms with Gasteiger partial charge in [-0.2, -0.15) is 4.98 Å². The number of aromatic nitrogens is 4. The fourth-order valence-corrected chi connectivity index (χ4v) is 3.31. The molecular formula is C21H17ClFN5O. The topological polar surface area (TPSA) is 63.4 Å². The van der Waals surface area contributed by atoms with Crippen molar-refractivity contribution in [1.82, 2.24) is 19.6 Å². The summed E-state index contributed by atoms with van der Waals surface area (Å²) in [4.78, 5) is 23.6. The van der Waals surface area contributed by atoms with E-state index in [0.717, 1.165) is 11.4 Å². The molecule has 0 bridgehead atoms. The van der Waals surface area contributed by atoms with Gasteiger partial charge in [0.2, 0.25) is 0 Å². The lowest BCUT2D eigenvalue weighted by Gasteiger charge is -2.22. The highest BCUT2D eigenvalue weighted by molar-refractivity contribution is 6.34. The van der Waals surface area contributed by atoms with Crippen LogP contribution in [-0.4, -0.2) is 25.5 Å². The molecule has 0 aliphatic heterocycles. The molecule has 0 N–H and O–H groups in total. The van der Waals surface area contributed by atoms with Gasteiger partial charge in [0, 0.05) is 17.1 Å². The Morgan fingerprint density at radius 2 is 1.83 bits per heavy atom. The number of hydrogen-bond donors (Lipinski definition) is 0. The van der Waals surface area contributed by atoms with Gasteiger partial charge in [-0.05, 0) is 56.3 Å². The van der Waals surface area contributed by atoms with Crippen molar-refractivity contribution in [3.8, 4) is 0 Å². The molecule has 0 aliphatic carbocycles. The Morgan fingerprint density at radius 3 is 2.55 bits per heavy atom. The second-order valence-corrected chi connectivity index (χ2v) is 7.03. The Kier molecular flexibility index (Phi) is 4.98. The second-order valence-electron chi connectivity index (χ2n) is 6.63. The zero-order chi connectivity index (χ0) is 20.5. The van der Waals surface area contributed by atoms with Crippen molar-refractivity contribution in [3.63, 3.8) is 0 Å². The van der Waals surface area contributed by atoms with Crippen LogP contribution in [0, 0.1) is 19.7 Å². The highest BCUT2D eigenvalue weighted by atomic mass is 35.5. The van der Waals surface area contributed by atoms with Crippen molar-refractivity contribution in [1.29, 1.82) is 0 Å². The molecular weight excluding hydrogens is 393 g/mol. The lowest BCUT2D eigenvalue weighted by molar-refractivity contribution is 0.0984. The Balaban J connectivity index is 1.76. The van der Waals surface area contributed by atoms with E-state index >= 15 is 0 Å². The van der Waals surface area contributed by atoms with Crippen molar-refractivity contribution in [2.45, 2.75) is 20.4 Å². The molecule has 0 saturated heterocycles. The van der Waals surface area contributed by atoms with Crippen molar-refractivity contribution in [2.24, 2.45) is 0 Å². The first kappa shape index (κ1) is 19.0. The Labute approximate surface area is 171 Å². The third-order valence-electron chi connectivity index (χ3n) is 4.45. The molecule has 2 heterocycles. The fourth-order valence-electron chi connectivity index (χ4n) is 3.10. The second kappa shape index (κ2) is 7.60. The lowest BCUT2D eigenvalue weighted by Crippen LogP contribution is -2.31. The summed E-state index contributed by atoms with van der Waals surface area (Å²) in [6.07, 6.45) is 0. The number of aryl methyl sites for hydroxylation is 2. The van der Waals surface area contributed by atoms with Crippen LogP contribution in [0.3, 0.4) is 0 Å². The van der Waals surface area contributed by atoms with Gasteiger partial charge in [-0.25, -0.2) is 13.9 Å². The van der Waals surface area contributed by atoms with Gasteiger partial charge in [0.1, 0.15) is 5.82 Å². The zero-order valence-corrected chi connectivity index (χ0v) is 16.6. The first-order valence-corrected chi connectivity index (χ1v) is 9.32. The van der Waals surface area contributed by atoms with Crippen LogP contribution in [0.15, 0.2) is 54.6 Å². The summed E-state index contributed by atoms with van der Waals surface area (Å²) in [5.74, 6) is 0.152. The predicted octanol–water partition coefficient (Wildman–Crippen LogP) is 4.38. The molecule has 4 rings (SSSR count). The summed E-state index contributed by atoms with van der Waals surface area (Å²) < 4.78 is 15.1. The lowest BCUT2D eigenvalue weighted by atomic mass is 10.1. The van der Waals surface area contributed by atoms with Crippen LogP contribution in [0.5, 0.6) is 0 Å². The minimum absolute atomic E-state index is 0.0809. The number of hydrogen-bond acceptors (Lipinski definition) is 4. The first-order valence-electron chi connectivity index (χ1n) is 8.94. The molecule has 2 aromatic carbocycles. The van der Waals surface area contributed by atoms with E-state index in [1.54, 1.807) is 28.8 Å². The van der Waals surface area contributed by atoms with Crippen LogP contribution in [0.25, 0.3) is 5.78 Å². The van der Waals surface area contributed by atoms with Gasteiger partial charge in [0.05, 0.1) is 17.1 Å². The van der Waals surface area contributed by atoms with Crippen LogP contribution >= 0.6 is 11.6 Å². The molecule has 0 atom stereocenters. The van der Waals surface area contributed by atoms with E-state index in [0.29, 0.717) is 27.9 Å². The Hall–Kier alpha value is -3.32. The molecule has 4 aromatic rings. The van der Waals surface area contributed by atoms with Crippen LogP contribution in [0.1, 0.15) is 27.6 Å². The Bertz CT molecular complexity index is 1210. The number of anilines is 1. The predicted molar refractivity (Wildman–Crippen MR) is 109 cm³/mol. The average molecular weight is 410 g/mol. The number of carbonyl (C=O) groups is 1. The molecule has 1 amide bonds. The number of nitrogens with zero attached hydrogens (tertiary/aromatic N) is 5. The van der Waals surface area contributed by atoms with Crippen LogP contribution in [0.2, 0.25) is 5.02 Å². The highest BCUT2D eigenvalue weighted by Crippen LogP contribution is 2.24. The third kappa shape index (κ3) is 3.82. The van der Waals surface area contributed by atoms with E-state index in [9.17, 15) is 9.18 Å². The summed E-state index contributed by atoms with van der Waals surface area (Å²) >= 11 is 6.23. The largest absolute Gasteiger partial charge is 0.301 e. The maximum Gasteiger partial charge on any atom is 0.260 e. The first-order chi connectivity index (χ1) is 13.9. The number of halogens is 2. The number of rotatable bonds is 4. The molecule has 6 nitrogen and oxygen atoms in total. The molecule has 0 unspecified atom stereocenters. The number of benzene rings is 2. The SMILES string of the molecule is Cc1cc(C)n2nc(CN(C(=O)c3ccccc3Cl)c3ccc(F)cc3)nc2n1. The molecule has 29 heavy (non-hydrogen) atoms. The summed E-state index contributed by atoms with van der Waals surface area (Å²) in [5.41, 5.74) is 2.57. The van der Waals surface area contributed by atoms with E-state index in [2.05, 4.69) is 15.1 Å². The van der Waals surface area contributed by atoms with Gasteiger partial charge in [0.25, 0.3) is 11.7 Å². The molecule has 0 saturated carbocycles. The van der Waals surface area contributed by atoms with E-state index < -0.39 is 0 Å². The Morgan fingerprint density at radius 1 is 1.10 bits per heavy atom. The summed E-state index contributed by atoms with van der Waals surface area (Å²) in [6.45, 7) is 3.87. The van der Waals surface area contributed by atoms with Gasteiger partial charge in [0.15, 0.2) is 5.82 Å². The summed E-state index contributed by atoms with van der Waals surface area (Å²) in [7, 11) is 0. The molecule has 8 heteroatoms. The average Bonchev–Trinajstić information content (AvgIpc) is 3.10. The van der Waals surface area contributed by atoms with Crippen LogP contribution < -0.4 is 4.90 Å². The number of amides is 1. The summed E-state index contributed by atoms with van der Waals surface area (Å²) in [5, 5.41) is 4.81. The van der Waals surface area contributed by atoms with Crippen LogP contribution in [-0.2, 0) is 6.54 Å². The van der Waals surface area contributed by atoms with Gasteiger partial charge < -0.3 is 4.90 Å². The van der Waals surface area contributed by atoms with E-state index in [1.807, 2.05) is 19.9 Å². The summed E-state index contributed by atoms with van der Waals surface area (Å²) in [6, 6.07) is 14.4. The number of carbonyl (C=O) groups excluding carboxylic acids is 1. The van der Waals surface area contributed by atoms with E-state index in [-0.39, 0.29) is 18.3 Å². The van der Waals surface area contributed by atoms with Gasteiger partial charge in [-0.15, -0.1) is 5.10 Å². The van der Waals surface area contributed by atoms with Gasteiger partial charge >= 0.3 is 0 Å². The molecule has 0 aliphatic rings. The van der Waals surface area contributed by atoms with Crippen LogP contribution in [0.4, 0.5) is 10.1 Å². The normalized spacial score (nSPS) is 11.0. The molecule has 0 radical (unpaired) electrons. The van der Waals surface area contributed by atoms with Crippen molar-refractivity contribution >= 4 is 29.0 Å². The number of fused-ring (bicyclic) bond motifs is 1. The van der Waals surface area contributed by atoms with Crippen molar-refractivity contribution in [3.05, 3.63) is 88.2 Å². The molecule has 146 valence electrons. The van der Waals surface area contributed by atoms with Crippen molar-refractivity contribution in [2.75, 3.05) is 4.90 Å². The monoisotopic (exact) mass is 409 g/mol. The highest BCUT2D eigenvalue weighted by Gasteiger charge is 2.22. The van der Waals surface area contributed by atoms with Gasteiger partial charge in [-0.1, -0.05) is 23.7 Å². The van der Waals surface area contributed by atoms with E-state index in [4.69, 9.17) is 11.6 Å². The fraction of sp³-hybridized carbons (Fsp3) is 0.143. The minimum Gasteiger partial charge on any atom is -0.301 e. The maximum absolute atomic E-state index is 13.4. The van der Waals surface area contributed by atoms with E-state index in [1.165, 1.54) is 29.2 Å².